The molecular formula is C26H20BrClN2O4S2. The molecule has 0 aliphatic carbocycles. The van der Waals surface area contributed by atoms with Crippen LogP contribution in [0.15, 0.2) is 76.1 Å². The molecule has 6 nitrogen and oxygen atoms in total. The summed E-state index contributed by atoms with van der Waals surface area (Å²) < 4.78 is 12.7. The maximum atomic E-state index is 13.0. The van der Waals surface area contributed by atoms with Gasteiger partial charge in [-0.2, -0.15) is 5.01 Å². The molecule has 1 saturated heterocycles. The maximum Gasteiger partial charge on any atom is 0.285 e. The van der Waals surface area contributed by atoms with E-state index in [0.717, 1.165) is 22.3 Å². The average Bonchev–Trinajstić information content (AvgIpc) is 3.12. The lowest BCUT2D eigenvalue weighted by Crippen LogP contribution is -2.44. The molecule has 10 heteroatoms. The average molecular weight is 604 g/mol. The number of rotatable bonds is 8. The highest BCUT2D eigenvalue weighted by molar-refractivity contribution is 9.10. The first kappa shape index (κ1) is 26.2. The van der Waals surface area contributed by atoms with E-state index in [4.69, 9.17) is 33.3 Å². The number of carbonyl (C=O) groups excluding carboxylic acids is 2. The summed E-state index contributed by atoms with van der Waals surface area (Å²) in [5.41, 5.74) is 4.65. The lowest BCUT2D eigenvalue weighted by Gasteiger charge is -2.16. The van der Waals surface area contributed by atoms with Crippen LogP contribution in [0.5, 0.6) is 11.5 Å². The third kappa shape index (κ3) is 6.28. The summed E-state index contributed by atoms with van der Waals surface area (Å²) in [6, 6.07) is 19.8. The van der Waals surface area contributed by atoms with Gasteiger partial charge >= 0.3 is 0 Å². The maximum absolute atomic E-state index is 13.0. The van der Waals surface area contributed by atoms with Crippen LogP contribution in [0.4, 0.5) is 0 Å². The molecule has 2 amide bonds. The van der Waals surface area contributed by atoms with E-state index in [1.807, 2.05) is 43.3 Å². The molecule has 0 saturated carbocycles. The van der Waals surface area contributed by atoms with Crippen LogP contribution in [0.25, 0.3) is 6.08 Å². The fourth-order valence-electron chi connectivity index (χ4n) is 3.29. The highest BCUT2D eigenvalue weighted by atomic mass is 79.9. The van der Waals surface area contributed by atoms with Crippen LogP contribution in [0.3, 0.4) is 0 Å². The van der Waals surface area contributed by atoms with Gasteiger partial charge in [0, 0.05) is 10.6 Å². The van der Waals surface area contributed by atoms with Crippen molar-refractivity contribution in [2.75, 3.05) is 6.61 Å². The summed E-state index contributed by atoms with van der Waals surface area (Å²) in [5, 5.41) is 1.58. The zero-order valence-corrected chi connectivity index (χ0v) is 23.0. The van der Waals surface area contributed by atoms with E-state index in [9.17, 15) is 9.59 Å². The van der Waals surface area contributed by atoms with Crippen molar-refractivity contribution in [3.63, 3.8) is 0 Å². The Hall–Kier alpha value is -2.85. The number of thioether (sulfide) groups is 1. The van der Waals surface area contributed by atoms with Gasteiger partial charge in [0.1, 0.15) is 6.61 Å². The van der Waals surface area contributed by atoms with Gasteiger partial charge in [0.15, 0.2) is 15.8 Å². The van der Waals surface area contributed by atoms with E-state index >= 15 is 0 Å². The topological polar surface area (TPSA) is 67.9 Å². The van der Waals surface area contributed by atoms with Gasteiger partial charge in [-0.25, -0.2) is 0 Å². The molecule has 3 aromatic rings. The highest BCUT2D eigenvalue weighted by Crippen LogP contribution is 2.39. The van der Waals surface area contributed by atoms with Gasteiger partial charge in [-0.05, 0) is 88.7 Å². The number of benzene rings is 3. The van der Waals surface area contributed by atoms with Crippen molar-refractivity contribution in [3.05, 3.63) is 97.8 Å². The number of hydrogen-bond acceptors (Lipinski definition) is 6. The summed E-state index contributed by atoms with van der Waals surface area (Å²) in [6.45, 7) is 2.71. The molecule has 4 rings (SSSR count). The number of thiocarbonyl (C=S) groups is 1. The van der Waals surface area contributed by atoms with E-state index in [2.05, 4.69) is 21.4 Å². The van der Waals surface area contributed by atoms with Crippen LogP contribution >= 0.6 is 51.5 Å². The van der Waals surface area contributed by atoms with Crippen molar-refractivity contribution in [2.24, 2.45) is 0 Å². The van der Waals surface area contributed by atoms with Crippen LogP contribution in [0, 0.1) is 0 Å². The SMILES string of the molecule is CCOc1cc(/C=C2\SC(=S)N(NC(=O)c3ccc(Cl)cc3)C2=O)cc(Br)c1OCc1ccccc1. The van der Waals surface area contributed by atoms with Crippen LogP contribution in [-0.4, -0.2) is 27.8 Å². The fraction of sp³-hybridized carbons (Fsp3) is 0.115. The minimum atomic E-state index is -0.467. The largest absolute Gasteiger partial charge is 0.490 e. The van der Waals surface area contributed by atoms with E-state index in [1.165, 1.54) is 0 Å². The highest BCUT2D eigenvalue weighted by Gasteiger charge is 2.34. The normalized spacial score (nSPS) is 14.3. The van der Waals surface area contributed by atoms with Gasteiger partial charge in [0.2, 0.25) is 0 Å². The first-order valence-corrected chi connectivity index (χ1v) is 13.2. The molecule has 184 valence electrons. The number of nitrogens with zero attached hydrogens (tertiary/aromatic N) is 1. The first-order chi connectivity index (χ1) is 17.4. The van der Waals surface area contributed by atoms with Crippen molar-refractivity contribution in [1.29, 1.82) is 0 Å². The second-order valence-corrected chi connectivity index (χ2v) is 10.5. The van der Waals surface area contributed by atoms with E-state index < -0.39 is 11.8 Å². The molecule has 36 heavy (non-hydrogen) atoms. The van der Waals surface area contributed by atoms with Crippen molar-refractivity contribution in [1.82, 2.24) is 10.4 Å². The van der Waals surface area contributed by atoms with Crippen LogP contribution in [0.2, 0.25) is 5.02 Å². The summed E-state index contributed by atoms with van der Waals surface area (Å²) in [5.74, 6) is 0.220. The standard InChI is InChI=1S/C26H20BrClN2O4S2/c1-2-33-21-13-17(12-20(27)23(21)34-15-16-6-4-3-5-7-16)14-22-25(32)30(26(35)36-22)29-24(31)18-8-10-19(28)11-9-18/h3-14H,2,15H2,1H3,(H,29,31)/b22-14-. The Kier molecular flexibility index (Phi) is 8.68. The summed E-state index contributed by atoms with van der Waals surface area (Å²) in [7, 11) is 0. The van der Waals surface area contributed by atoms with Crippen molar-refractivity contribution < 1.29 is 19.1 Å². The zero-order valence-electron chi connectivity index (χ0n) is 19.0. The van der Waals surface area contributed by atoms with Crippen LogP contribution in [0.1, 0.15) is 28.4 Å². The van der Waals surface area contributed by atoms with Gasteiger partial charge in [-0.3, -0.25) is 15.0 Å². The number of nitrogens with one attached hydrogen (secondary N) is 1. The number of hydrogen-bond donors (Lipinski definition) is 1. The minimum absolute atomic E-state index is 0.223. The zero-order chi connectivity index (χ0) is 25.7. The number of carbonyl (C=O) groups is 2. The number of hydrazine groups is 1. The number of halogens is 2. The number of ether oxygens (including phenoxy) is 2. The lowest BCUT2D eigenvalue weighted by molar-refractivity contribution is -0.123. The van der Waals surface area contributed by atoms with Gasteiger partial charge in [0.25, 0.3) is 11.8 Å². The summed E-state index contributed by atoms with van der Waals surface area (Å²) in [4.78, 5) is 25.9. The Bertz CT molecular complexity index is 1330. The first-order valence-electron chi connectivity index (χ1n) is 10.8. The summed E-state index contributed by atoms with van der Waals surface area (Å²) >= 11 is 15.9. The Balaban J connectivity index is 1.53. The lowest BCUT2D eigenvalue weighted by atomic mass is 10.1. The molecule has 0 aromatic heterocycles. The second kappa shape index (κ2) is 11.9. The summed E-state index contributed by atoms with van der Waals surface area (Å²) in [6.07, 6.45) is 1.70. The van der Waals surface area contributed by atoms with Gasteiger partial charge in [-0.15, -0.1) is 0 Å². The van der Waals surface area contributed by atoms with Crippen molar-refractivity contribution >= 4 is 73.7 Å². The van der Waals surface area contributed by atoms with Crippen molar-refractivity contribution in [3.8, 4) is 11.5 Å². The second-order valence-electron chi connectivity index (χ2n) is 7.50. The van der Waals surface area contributed by atoms with Crippen molar-refractivity contribution in [2.45, 2.75) is 13.5 Å². The van der Waals surface area contributed by atoms with Crippen LogP contribution in [-0.2, 0) is 11.4 Å². The molecule has 0 atom stereocenters. The number of amides is 2. The van der Waals surface area contributed by atoms with E-state index in [1.54, 1.807) is 36.4 Å². The molecule has 1 aliphatic heterocycles. The Morgan fingerprint density at radius 1 is 1.14 bits per heavy atom. The molecule has 0 unspecified atom stereocenters. The monoisotopic (exact) mass is 602 g/mol. The molecule has 0 bridgehead atoms. The quantitative estimate of drug-likeness (QED) is 0.230. The predicted molar refractivity (Wildman–Crippen MR) is 150 cm³/mol. The van der Waals surface area contributed by atoms with E-state index in [0.29, 0.717) is 50.2 Å². The third-order valence-electron chi connectivity index (χ3n) is 4.97. The molecule has 1 aliphatic rings. The van der Waals surface area contributed by atoms with E-state index in [-0.39, 0.29) is 4.32 Å². The molecular weight excluding hydrogens is 584 g/mol. The fourth-order valence-corrected chi connectivity index (χ4v) is 5.17. The predicted octanol–water partition coefficient (Wildman–Crippen LogP) is 6.63. The minimum Gasteiger partial charge on any atom is -0.490 e. The smallest absolute Gasteiger partial charge is 0.285 e. The molecule has 1 N–H and O–H groups in total. The van der Waals surface area contributed by atoms with Gasteiger partial charge in [0.05, 0.1) is 16.0 Å². The Labute approximate surface area is 231 Å². The molecule has 0 radical (unpaired) electrons. The third-order valence-corrected chi connectivity index (χ3v) is 7.11. The molecule has 1 fully saturated rings. The molecule has 3 aromatic carbocycles. The van der Waals surface area contributed by atoms with Gasteiger partial charge in [-0.1, -0.05) is 53.7 Å². The Morgan fingerprint density at radius 3 is 2.56 bits per heavy atom. The molecule has 1 heterocycles. The van der Waals surface area contributed by atoms with Gasteiger partial charge < -0.3 is 9.47 Å². The van der Waals surface area contributed by atoms with Crippen LogP contribution < -0.4 is 14.9 Å². The Morgan fingerprint density at radius 2 is 1.86 bits per heavy atom. The molecule has 0 spiro atoms.